The van der Waals surface area contributed by atoms with Crippen molar-refractivity contribution < 1.29 is 4.74 Å². The third kappa shape index (κ3) is 4.90. The van der Waals surface area contributed by atoms with Gasteiger partial charge in [-0.3, -0.25) is 4.68 Å². The minimum absolute atomic E-state index is 0.535. The summed E-state index contributed by atoms with van der Waals surface area (Å²) in [5.74, 6) is 2.35. The number of hydrogen-bond donors (Lipinski definition) is 1. The highest BCUT2D eigenvalue weighted by atomic mass is 32.2. The van der Waals surface area contributed by atoms with Crippen molar-refractivity contribution >= 4 is 17.6 Å². The largest absolute Gasteiger partial charge is 0.383 e. The van der Waals surface area contributed by atoms with Crippen LogP contribution in [0.5, 0.6) is 0 Å². The number of aryl methyl sites for hydroxylation is 2. The van der Waals surface area contributed by atoms with Crippen molar-refractivity contribution in [2.24, 2.45) is 7.05 Å². The van der Waals surface area contributed by atoms with Crippen LogP contribution in [-0.2, 0) is 18.3 Å². The van der Waals surface area contributed by atoms with Crippen LogP contribution >= 0.6 is 11.8 Å². The van der Waals surface area contributed by atoms with Gasteiger partial charge in [0.1, 0.15) is 5.82 Å². The van der Waals surface area contributed by atoms with Gasteiger partial charge in [-0.05, 0) is 19.6 Å². The predicted molar refractivity (Wildman–Crippen MR) is 92.4 cm³/mol. The molecule has 1 atom stereocenters. The van der Waals surface area contributed by atoms with Crippen molar-refractivity contribution in [2.75, 3.05) is 44.2 Å². The summed E-state index contributed by atoms with van der Waals surface area (Å²) in [6.07, 6.45) is 3.30. The number of aromatic nitrogens is 2. The first-order valence-electron chi connectivity index (χ1n) is 7.50. The summed E-state index contributed by atoms with van der Waals surface area (Å²) in [4.78, 5) is 2.38. The average Bonchev–Trinajstić information content (AvgIpc) is 2.74. The number of nitrogens with zero attached hydrogens (tertiary/aromatic N) is 3. The maximum absolute atomic E-state index is 5.08. The molecule has 1 N–H and O–H groups in total. The molecule has 1 unspecified atom stereocenters. The van der Waals surface area contributed by atoms with Crippen LogP contribution in [0.25, 0.3) is 0 Å². The second-order valence-corrected chi connectivity index (χ2v) is 6.22. The van der Waals surface area contributed by atoms with Gasteiger partial charge in [0.2, 0.25) is 0 Å². The number of ether oxygens (including phenoxy) is 1. The van der Waals surface area contributed by atoms with Gasteiger partial charge in [0.25, 0.3) is 0 Å². The van der Waals surface area contributed by atoms with Crippen molar-refractivity contribution in [2.45, 2.75) is 32.9 Å². The molecule has 0 aliphatic heterocycles. The van der Waals surface area contributed by atoms with E-state index in [1.807, 2.05) is 23.5 Å². The topological polar surface area (TPSA) is 42.3 Å². The van der Waals surface area contributed by atoms with Crippen molar-refractivity contribution in [3.8, 4) is 0 Å². The molecule has 6 heteroatoms. The summed E-state index contributed by atoms with van der Waals surface area (Å²) < 4.78 is 7.09. The van der Waals surface area contributed by atoms with Crippen molar-refractivity contribution in [3.05, 3.63) is 11.3 Å². The maximum atomic E-state index is 5.08. The van der Waals surface area contributed by atoms with Gasteiger partial charge in [-0.15, -0.1) is 0 Å². The quantitative estimate of drug-likeness (QED) is 0.670. The SMILES string of the molecule is CCC(CSC)N(C)c1c(CNCCOC)c(C)nn1C. The Labute approximate surface area is 133 Å². The van der Waals surface area contributed by atoms with Crippen LogP contribution in [0.15, 0.2) is 0 Å². The Morgan fingerprint density at radius 2 is 2.19 bits per heavy atom. The van der Waals surface area contributed by atoms with Crippen molar-refractivity contribution in [3.63, 3.8) is 0 Å². The molecule has 1 aromatic rings. The van der Waals surface area contributed by atoms with E-state index in [4.69, 9.17) is 4.74 Å². The highest BCUT2D eigenvalue weighted by Gasteiger charge is 2.21. The van der Waals surface area contributed by atoms with E-state index in [2.05, 4.69) is 42.5 Å². The molecule has 5 nitrogen and oxygen atoms in total. The Bertz CT molecular complexity index is 422. The van der Waals surface area contributed by atoms with Gasteiger partial charge in [-0.2, -0.15) is 16.9 Å². The fourth-order valence-corrected chi connectivity index (χ4v) is 3.44. The Hall–Kier alpha value is -0.720. The molecule has 122 valence electrons. The van der Waals surface area contributed by atoms with Crippen LogP contribution in [0.2, 0.25) is 0 Å². The molecule has 0 amide bonds. The normalized spacial score (nSPS) is 12.7. The molecule has 0 saturated carbocycles. The monoisotopic (exact) mass is 314 g/mol. The van der Waals surface area contributed by atoms with Gasteiger partial charge in [0, 0.05) is 51.7 Å². The van der Waals surface area contributed by atoms with Gasteiger partial charge in [0.05, 0.1) is 12.3 Å². The molecule has 0 saturated heterocycles. The lowest BCUT2D eigenvalue weighted by Gasteiger charge is -2.29. The van der Waals surface area contributed by atoms with Crippen molar-refractivity contribution in [1.82, 2.24) is 15.1 Å². The second-order valence-electron chi connectivity index (χ2n) is 5.31. The lowest BCUT2D eigenvalue weighted by molar-refractivity contribution is 0.199. The molecule has 0 spiro atoms. The highest BCUT2D eigenvalue weighted by molar-refractivity contribution is 7.98. The van der Waals surface area contributed by atoms with Crippen LogP contribution in [0.1, 0.15) is 24.6 Å². The smallest absolute Gasteiger partial charge is 0.131 e. The second kappa shape index (κ2) is 9.33. The van der Waals surface area contributed by atoms with E-state index >= 15 is 0 Å². The van der Waals surface area contributed by atoms with E-state index in [0.29, 0.717) is 6.04 Å². The lowest BCUT2D eigenvalue weighted by Crippen LogP contribution is -2.35. The fourth-order valence-electron chi connectivity index (χ4n) is 2.59. The molecule has 0 bridgehead atoms. The maximum Gasteiger partial charge on any atom is 0.131 e. The molecule has 0 aliphatic carbocycles. The van der Waals surface area contributed by atoms with Crippen molar-refractivity contribution in [1.29, 1.82) is 0 Å². The summed E-state index contributed by atoms with van der Waals surface area (Å²) in [7, 11) is 5.94. The van der Waals surface area contributed by atoms with Gasteiger partial charge < -0.3 is 15.0 Å². The molecule has 1 heterocycles. The third-order valence-corrected chi connectivity index (χ3v) is 4.53. The number of nitrogens with one attached hydrogen (secondary N) is 1. The number of rotatable bonds is 10. The molecule has 1 aromatic heterocycles. The van der Waals surface area contributed by atoms with Crippen LogP contribution < -0.4 is 10.2 Å². The first kappa shape index (κ1) is 18.3. The van der Waals surface area contributed by atoms with E-state index in [1.54, 1.807) is 7.11 Å². The third-order valence-electron chi connectivity index (χ3n) is 3.81. The summed E-state index contributed by atoms with van der Waals surface area (Å²) in [5, 5.41) is 8.04. The molecule has 1 rings (SSSR count). The molecular weight excluding hydrogens is 284 g/mol. The first-order valence-corrected chi connectivity index (χ1v) is 8.90. The summed E-state index contributed by atoms with van der Waals surface area (Å²) in [6, 6.07) is 0.535. The zero-order chi connectivity index (χ0) is 15.8. The molecule has 0 radical (unpaired) electrons. The van der Waals surface area contributed by atoms with Gasteiger partial charge >= 0.3 is 0 Å². The van der Waals surface area contributed by atoms with Gasteiger partial charge in [0.15, 0.2) is 0 Å². The Morgan fingerprint density at radius 3 is 2.76 bits per heavy atom. The Morgan fingerprint density at radius 1 is 1.48 bits per heavy atom. The van der Waals surface area contributed by atoms with Crippen LogP contribution in [0.4, 0.5) is 5.82 Å². The van der Waals surface area contributed by atoms with Gasteiger partial charge in [-0.25, -0.2) is 0 Å². The van der Waals surface area contributed by atoms with Crippen LogP contribution in [-0.4, -0.2) is 55.1 Å². The number of methoxy groups -OCH3 is 1. The molecular formula is C15H30N4OS. The first-order chi connectivity index (χ1) is 10.1. The standard InChI is InChI=1S/C15H30N4OS/c1-7-13(11-21-6)18(3)15-14(10-16-8-9-20-5)12(2)17-19(15)4/h13,16H,7-11H2,1-6H3. The van der Waals surface area contributed by atoms with Crippen LogP contribution in [0.3, 0.4) is 0 Å². The molecule has 0 aromatic carbocycles. The van der Waals surface area contributed by atoms with E-state index in [-0.39, 0.29) is 0 Å². The highest BCUT2D eigenvalue weighted by Crippen LogP contribution is 2.25. The summed E-state index contributed by atoms with van der Waals surface area (Å²) >= 11 is 1.90. The lowest BCUT2D eigenvalue weighted by atomic mass is 10.2. The molecule has 21 heavy (non-hydrogen) atoms. The summed E-state index contributed by atoms with van der Waals surface area (Å²) in [5.41, 5.74) is 2.39. The van der Waals surface area contributed by atoms with Crippen LogP contribution in [0, 0.1) is 6.92 Å². The van der Waals surface area contributed by atoms with E-state index < -0.39 is 0 Å². The molecule has 0 fully saturated rings. The van der Waals surface area contributed by atoms with E-state index in [1.165, 1.54) is 11.4 Å². The zero-order valence-corrected chi connectivity index (χ0v) is 15.1. The van der Waals surface area contributed by atoms with E-state index in [9.17, 15) is 0 Å². The van der Waals surface area contributed by atoms with E-state index in [0.717, 1.165) is 37.6 Å². The Balaban J connectivity index is 2.88. The zero-order valence-electron chi connectivity index (χ0n) is 14.3. The number of hydrogen-bond acceptors (Lipinski definition) is 5. The minimum atomic E-state index is 0.535. The Kier molecular flexibility index (Phi) is 8.14. The molecule has 0 aliphatic rings. The van der Waals surface area contributed by atoms with Gasteiger partial charge in [-0.1, -0.05) is 6.92 Å². The predicted octanol–water partition coefficient (Wildman–Crippen LogP) is 2.04. The number of thioether (sulfide) groups is 1. The minimum Gasteiger partial charge on any atom is -0.383 e. The fraction of sp³-hybridized carbons (Fsp3) is 0.800. The summed E-state index contributed by atoms with van der Waals surface area (Å²) in [6.45, 7) is 6.75. The number of anilines is 1. The average molecular weight is 314 g/mol.